The van der Waals surface area contributed by atoms with E-state index >= 15 is 0 Å². The molecule has 0 radical (unpaired) electrons. The molecule has 107 heavy (non-hydrogen) atoms. The lowest BCUT2D eigenvalue weighted by Gasteiger charge is -2.42. The second-order valence-electron chi connectivity index (χ2n) is 35.8. The van der Waals surface area contributed by atoms with E-state index in [4.69, 9.17) is 58.2 Å². The third-order valence-corrected chi connectivity index (χ3v) is 19.8. The number of likely N-dealkylation sites (N-methyl/N-ethyl adjacent to an activating group) is 5. The van der Waals surface area contributed by atoms with Gasteiger partial charge >= 0.3 is 12.6 Å². The highest BCUT2D eigenvalue weighted by atomic mass is 32.2. The van der Waals surface area contributed by atoms with Crippen molar-refractivity contribution >= 4 is 35.4 Å². The SMILES string of the molecule is C#CC[N+](C)(C)CC(C)=O.C#CC[N+](C)(C)CCNC(=O)OC(C)(C)C.C#CC[N+](C)(C)CCOCCC.C#CC[N+](C)(C)CSC.C#CC[N+]1(CC#C)CC[C@@H](O)C1.CCC[N+](C)(C)C(F)F.CCC[N+](C)(C)C1CCC1.CCC[N+](C)(C)CCO.CCC[N+](C)(C)CSC.C[N+](C)(CCO)CC1CCC1. The van der Waals surface area contributed by atoms with Crippen LogP contribution in [0.5, 0.6) is 0 Å². The number of terminal acetylenes is 6. The van der Waals surface area contributed by atoms with Crippen LogP contribution in [0.1, 0.15) is 139 Å². The first-order valence-corrected chi connectivity index (χ1v) is 42.0. The number of carbonyl (C=O) groups is 2. The summed E-state index contributed by atoms with van der Waals surface area (Å²) in [5, 5.41) is 29.5. The van der Waals surface area contributed by atoms with E-state index in [0.29, 0.717) is 79.0 Å². The average molecular weight is 1570 g/mol. The van der Waals surface area contributed by atoms with Crippen molar-refractivity contribution in [2.75, 3.05) is 302 Å². The number of quaternary nitrogens is 10. The fraction of sp³-hybridized carbons (Fsp3) is 0.835. The Kier molecular flexibility index (Phi) is 69.5. The van der Waals surface area contributed by atoms with Crippen LogP contribution in [-0.2, 0) is 14.3 Å². The number of ketones is 1. The first-order valence-electron chi connectivity index (χ1n) is 39.2. The van der Waals surface area contributed by atoms with Gasteiger partial charge in [0.05, 0.1) is 205 Å². The average Bonchev–Trinajstić information content (AvgIpc) is 1.68. The molecule has 1 aliphatic heterocycles. The van der Waals surface area contributed by atoms with Gasteiger partial charge in [0, 0.05) is 25.9 Å². The second-order valence-corrected chi connectivity index (χ2v) is 37.5. The summed E-state index contributed by atoms with van der Waals surface area (Å²) in [6.45, 7) is 33.8. The molecule has 628 valence electrons. The molecule has 2 aliphatic carbocycles. The van der Waals surface area contributed by atoms with Gasteiger partial charge in [-0.25, -0.2) is 4.79 Å². The molecule has 3 aliphatic rings. The fourth-order valence-electron chi connectivity index (χ4n) is 11.6. The Hall–Kier alpha value is -3.70. The van der Waals surface area contributed by atoms with Gasteiger partial charge in [-0.3, -0.25) is 9.28 Å². The summed E-state index contributed by atoms with van der Waals surface area (Å²) in [4.78, 5) is 22.0. The van der Waals surface area contributed by atoms with Gasteiger partial charge in [0.15, 0.2) is 5.78 Å². The lowest BCUT2D eigenvalue weighted by molar-refractivity contribution is -0.945. The molecule has 1 amide bonds. The molecule has 0 bridgehead atoms. The lowest BCUT2D eigenvalue weighted by atomic mass is 9.85. The molecule has 0 aromatic rings. The maximum absolute atomic E-state index is 12.0. The number of rotatable bonds is 36. The van der Waals surface area contributed by atoms with Crippen LogP contribution >= 0.6 is 23.5 Å². The molecule has 1 atom stereocenters. The standard InChI is InChI=1S/C12H22N2O2.C10H14NO.C10H20NO.C9H20NO.C9H20N.C8H14NO.C7H18NO.C7H18NS.C7H14NS.C6H14F2N/c1-7-9-14(5,6)10-8-13-11(15)16-12(2,3)4;1-3-6-11(7-4-2)8-5-10(12)9-11;1-5-7-11(3,4)8-10-12-9-6-2;1-10(2,6-7-11)8-9-4-3-5-9;1-4-8-10(2,3)9-6-5-7-9;1-5-6-9(3,4)7-8(2)10;1-4-5-8(2,3)6-7-9;2*1-5-6-8(2,3)7-9-4;1-4-5-9(2,3)6(7)8/h1H,8-10H2,2-6H3;1-2,10,12H,5-9H2;1H,6-10H2,2-4H3;9,11H,3-8H2,1-2H3;9H,4-8H2,1-3H3;1H,6-7H2,2-4H3;9H,4-7H2,1-3H3;5-7H2,1-4H3;1H,6-7H2,2-4H3;6H,4-5H2,1-3H3/q;9*+1/p+1/t;10-;;;;;;;;/m.1......../s1. The number of aliphatic hydroxyl groups excluding tert-OH is 3. The van der Waals surface area contributed by atoms with Gasteiger partial charge < -0.3 is 70.5 Å². The molecular formula is C85H175F2N11O7S2+10. The predicted molar refractivity (Wildman–Crippen MR) is 460 cm³/mol. The number of thioether (sulfide) groups is 2. The van der Waals surface area contributed by atoms with Gasteiger partial charge in [-0.1, -0.05) is 41.0 Å². The van der Waals surface area contributed by atoms with Crippen LogP contribution in [0.4, 0.5) is 13.6 Å². The van der Waals surface area contributed by atoms with Gasteiger partial charge in [-0.2, -0.15) is 8.78 Å². The van der Waals surface area contributed by atoms with E-state index in [2.05, 4.69) is 166 Å². The highest BCUT2D eigenvalue weighted by Crippen LogP contribution is 2.29. The lowest BCUT2D eigenvalue weighted by Crippen LogP contribution is -2.52. The normalized spacial score (nSPS) is 14.9. The number of amides is 1. The summed E-state index contributed by atoms with van der Waals surface area (Å²) in [5.74, 6) is 19.1. The number of halogens is 2. The van der Waals surface area contributed by atoms with Crippen molar-refractivity contribution in [3.8, 4) is 74.1 Å². The quantitative estimate of drug-likeness (QED) is 0.0160. The second kappa shape index (κ2) is 63.8. The van der Waals surface area contributed by atoms with Crippen molar-refractivity contribution in [1.29, 1.82) is 0 Å². The van der Waals surface area contributed by atoms with Gasteiger partial charge in [-0.05, 0) is 133 Å². The summed E-state index contributed by atoms with van der Waals surface area (Å²) in [7, 11) is 37.5. The molecule has 4 N–H and O–H groups in total. The molecule has 0 aromatic heterocycles. The van der Waals surface area contributed by atoms with Crippen LogP contribution in [0.25, 0.3) is 0 Å². The zero-order valence-corrected chi connectivity index (χ0v) is 76.6. The molecule has 18 nitrogen and oxygen atoms in total. The fourth-order valence-corrected chi connectivity index (χ4v) is 13.2. The molecule has 0 spiro atoms. The molecule has 2 saturated carbocycles. The van der Waals surface area contributed by atoms with E-state index in [1.807, 2.05) is 79.4 Å². The van der Waals surface area contributed by atoms with Crippen molar-refractivity contribution in [2.24, 2.45) is 5.92 Å². The number of aliphatic hydroxyl groups is 3. The Bertz CT molecular complexity index is 2420. The highest BCUT2D eigenvalue weighted by Gasteiger charge is 2.36. The number of ether oxygens (including phenoxy) is 2. The Balaban J connectivity index is -0.000000209. The zero-order valence-electron chi connectivity index (χ0n) is 75.0. The van der Waals surface area contributed by atoms with Crippen LogP contribution in [0, 0.1) is 80.0 Å². The zero-order chi connectivity index (χ0) is 84.9. The minimum absolute atomic E-state index is 0.181. The summed E-state index contributed by atoms with van der Waals surface area (Å²) < 4.78 is 42.3. The highest BCUT2D eigenvalue weighted by molar-refractivity contribution is 7.98. The third-order valence-electron chi connectivity index (χ3n) is 17.9. The number of alkyl carbamates (subject to hydrolysis) is 1. The van der Waals surface area contributed by atoms with Gasteiger partial charge in [-0.15, -0.1) is 62.1 Å². The first kappa shape index (κ1) is 117. The number of carbonyl (C=O) groups excluding carboxylic acids is 2. The minimum Gasteiger partial charge on any atom is -0.444 e. The van der Waals surface area contributed by atoms with E-state index in [-0.39, 0.29) is 22.5 Å². The molecule has 3 rings (SSSR count). The molecule has 0 aromatic carbocycles. The Morgan fingerprint density at radius 1 is 0.533 bits per heavy atom. The van der Waals surface area contributed by atoms with E-state index in [9.17, 15) is 23.5 Å². The molecule has 1 heterocycles. The molecular weight excluding hydrogens is 1390 g/mol. The number of nitrogens with one attached hydrogen (secondary N) is 1. The van der Waals surface area contributed by atoms with E-state index in [1.54, 1.807) is 6.92 Å². The summed E-state index contributed by atoms with van der Waals surface area (Å²) in [5.41, 5.74) is -0.451. The predicted octanol–water partition coefficient (Wildman–Crippen LogP) is 10.3. The number of alkyl halides is 2. The van der Waals surface area contributed by atoms with E-state index < -0.39 is 12.2 Å². The first-order chi connectivity index (χ1) is 49.2. The third kappa shape index (κ3) is 76.1. The molecule has 1 saturated heterocycles. The van der Waals surface area contributed by atoms with Gasteiger partial charge in [0.1, 0.15) is 95.5 Å². The molecule has 22 heteroatoms. The Morgan fingerprint density at radius 3 is 1.29 bits per heavy atom. The number of Topliss-reactive ketones (excluding diaryl/α,β-unsaturated/α-hetero) is 1. The maximum atomic E-state index is 12.0. The van der Waals surface area contributed by atoms with E-state index in [1.165, 1.54) is 102 Å². The van der Waals surface area contributed by atoms with Crippen LogP contribution < -0.4 is 5.32 Å². The van der Waals surface area contributed by atoms with Crippen LogP contribution in [-0.4, -0.2) is 398 Å². The summed E-state index contributed by atoms with van der Waals surface area (Å²) >= 11 is 3.75. The number of hydrogen-bond acceptors (Lipinski definition) is 9. The van der Waals surface area contributed by atoms with Gasteiger partial charge in [0.25, 0.3) is 0 Å². The Labute approximate surface area is 670 Å². The van der Waals surface area contributed by atoms with Crippen molar-refractivity contribution < 1.29 is 88.0 Å². The minimum atomic E-state index is -2.25. The Morgan fingerprint density at radius 2 is 0.953 bits per heavy atom. The van der Waals surface area contributed by atoms with Crippen molar-refractivity contribution in [1.82, 2.24) is 5.32 Å². The van der Waals surface area contributed by atoms with Crippen molar-refractivity contribution in [3.63, 3.8) is 0 Å². The summed E-state index contributed by atoms with van der Waals surface area (Å²) in [6, 6.07) is 0.986. The van der Waals surface area contributed by atoms with Crippen molar-refractivity contribution in [3.05, 3.63) is 0 Å². The molecule has 3 fully saturated rings. The topological polar surface area (TPSA) is 125 Å². The van der Waals surface area contributed by atoms with Crippen molar-refractivity contribution in [2.45, 2.75) is 164 Å². The number of hydrogen-bond donors (Lipinski definition) is 4. The number of likely N-dealkylation sites (tertiary alicyclic amines) is 1. The monoisotopic (exact) mass is 1560 g/mol. The van der Waals surface area contributed by atoms with Crippen LogP contribution in [0.3, 0.4) is 0 Å². The van der Waals surface area contributed by atoms with E-state index in [0.717, 1.165) is 125 Å². The van der Waals surface area contributed by atoms with Crippen LogP contribution in [0.15, 0.2) is 0 Å². The number of nitrogens with zero attached hydrogens (tertiary/aromatic N) is 10. The smallest absolute Gasteiger partial charge is 0.407 e. The summed E-state index contributed by atoms with van der Waals surface area (Å²) in [6.07, 6.45) is 50.1. The van der Waals surface area contributed by atoms with Crippen LogP contribution in [0.2, 0.25) is 0 Å². The maximum Gasteiger partial charge on any atom is 0.407 e. The molecule has 0 unspecified atom stereocenters. The largest absolute Gasteiger partial charge is 0.444 e. The van der Waals surface area contributed by atoms with Gasteiger partial charge in [0.2, 0.25) is 0 Å².